The number of sulfonamides is 1. The number of rotatable bonds is 13. The Morgan fingerprint density at radius 2 is 1.38 bits per heavy atom. The standard InChI is InChI=1S/C37H33F3N4O6S2/c1-23-35(51-36(42-23)43-24(2)45)52(49,50)41-20-21-44(32(34(47)48)22-25-8-10-27(11-9-25)26-6-4-3-5-7-26)33(46)30-14-12-28(13-15-30)29-16-18-31(19-17-29)37(38,39)40/h3-19,32,41H,20-22H2,1-2H3,(H,47,48)(H,42,43,45). The summed E-state index contributed by atoms with van der Waals surface area (Å²) < 4.78 is 67.9. The SMILES string of the molecule is CC(=O)Nc1nc(C)c(S(=O)(=O)NCCN(C(=O)c2ccc(-c3ccc(C(F)(F)F)cc3)cc2)C(Cc2ccc(-c3ccccc3)cc2)C(=O)O)s1. The number of carboxylic acids is 1. The van der Waals surface area contributed by atoms with Gasteiger partial charge in [-0.05, 0) is 59.0 Å². The van der Waals surface area contributed by atoms with E-state index in [0.29, 0.717) is 16.7 Å². The van der Waals surface area contributed by atoms with Crippen LogP contribution in [0.2, 0.25) is 0 Å². The van der Waals surface area contributed by atoms with Crippen LogP contribution in [0, 0.1) is 6.92 Å². The molecule has 2 amide bonds. The number of hydrogen-bond donors (Lipinski definition) is 3. The highest BCUT2D eigenvalue weighted by Gasteiger charge is 2.32. The fourth-order valence-electron chi connectivity index (χ4n) is 5.44. The molecule has 1 aromatic heterocycles. The van der Waals surface area contributed by atoms with Gasteiger partial charge in [0.25, 0.3) is 15.9 Å². The third kappa shape index (κ3) is 9.29. The number of carboxylic acid groups (broad SMARTS) is 1. The van der Waals surface area contributed by atoms with E-state index in [1.54, 1.807) is 12.1 Å². The number of aliphatic carboxylic acids is 1. The van der Waals surface area contributed by atoms with Crippen LogP contribution in [0.4, 0.5) is 18.3 Å². The number of thiazole rings is 1. The number of hydrogen-bond acceptors (Lipinski definition) is 7. The number of aryl methyl sites for hydroxylation is 1. The van der Waals surface area contributed by atoms with Gasteiger partial charge >= 0.3 is 12.1 Å². The van der Waals surface area contributed by atoms with E-state index in [9.17, 15) is 41.1 Å². The second-order valence-corrected chi connectivity index (χ2v) is 14.7. The van der Waals surface area contributed by atoms with E-state index >= 15 is 0 Å². The molecule has 0 fully saturated rings. The number of alkyl halides is 3. The van der Waals surface area contributed by atoms with Crippen LogP contribution in [-0.4, -0.2) is 60.3 Å². The molecule has 0 bridgehead atoms. The van der Waals surface area contributed by atoms with Crippen LogP contribution in [0.3, 0.4) is 0 Å². The van der Waals surface area contributed by atoms with Crippen molar-refractivity contribution in [1.29, 1.82) is 0 Å². The van der Waals surface area contributed by atoms with Crippen LogP contribution in [0.15, 0.2) is 107 Å². The van der Waals surface area contributed by atoms with Crippen LogP contribution in [0.25, 0.3) is 22.3 Å². The number of amides is 2. The second-order valence-electron chi connectivity index (χ2n) is 11.7. The summed E-state index contributed by atoms with van der Waals surface area (Å²) in [6.45, 7) is 2.02. The van der Waals surface area contributed by atoms with Crippen molar-refractivity contribution in [3.05, 3.63) is 126 Å². The molecule has 1 atom stereocenters. The molecular formula is C37H33F3N4O6S2. The third-order valence-corrected chi connectivity index (χ3v) is 11.2. The average Bonchev–Trinajstić information content (AvgIpc) is 3.49. The van der Waals surface area contributed by atoms with Crippen molar-refractivity contribution >= 4 is 44.3 Å². The first-order chi connectivity index (χ1) is 24.6. The monoisotopic (exact) mass is 750 g/mol. The highest BCUT2D eigenvalue weighted by Crippen LogP contribution is 2.31. The van der Waals surface area contributed by atoms with Gasteiger partial charge in [-0.25, -0.2) is 22.9 Å². The summed E-state index contributed by atoms with van der Waals surface area (Å²) in [6.07, 6.45) is -4.59. The molecule has 15 heteroatoms. The van der Waals surface area contributed by atoms with Gasteiger partial charge in [-0.2, -0.15) is 13.2 Å². The van der Waals surface area contributed by atoms with Crippen molar-refractivity contribution in [1.82, 2.24) is 14.6 Å². The van der Waals surface area contributed by atoms with Gasteiger partial charge < -0.3 is 15.3 Å². The minimum atomic E-state index is -4.49. The molecule has 4 aromatic carbocycles. The van der Waals surface area contributed by atoms with E-state index < -0.39 is 45.6 Å². The maximum absolute atomic E-state index is 14.0. The van der Waals surface area contributed by atoms with Gasteiger partial charge in [0.1, 0.15) is 6.04 Å². The van der Waals surface area contributed by atoms with Gasteiger partial charge in [0.15, 0.2) is 9.34 Å². The molecule has 52 heavy (non-hydrogen) atoms. The summed E-state index contributed by atoms with van der Waals surface area (Å²) in [6, 6.07) is 25.8. The third-order valence-electron chi connectivity index (χ3n) is 8.02. The minimum absolute atomic E-state index is 0.0856. The van der Waals surface area contributed by atoms with E-state index in [2.05, 4.69) is 15.0 Å². The lowest BCUT2D eigenvalue weighted by atomic mass is 9.99. The number of nitrogens with one attached hydrogen (secondary N) is 2. The highest BCUT2D eigenvalue weighted by atomic mass is 32.2. The summed E-state index contributed by atoms with van der Waals surface area (Å²) in [5.41, 5.74) is 2.92. The fourth-order valence-corrected chi connectivity index (χ4v) is 7.97. The van der Waals surface area contributed by atoms with Crippen molar-refractivity contribution in [3.63, 3.8) is 0 Å². The Hall–Kier alpha value is -5.38. The van der Waals surface area contributed by atoms with E-state index in [0.717, 1.165) is 39.5 Å². The second kappa shape index (κ2) is 15.9. The number of benzene rings is 4. The molecule has 0 radical (unpaired) electrons. The smallest absolute Gasteiger partial charge is 0.416 e. The van der Waals surface area contributed by atoms with Crippen molar-refractivity contribution in [2.75, 3.05) is 18.4 Å². The fraction of sp³-hybridized carbons (Fsp3) is 0.189. The van der Waals surface area contributed by atoms with Gasteiger partial charge in [-0.3, -0.25) is 9.59 Å². The molecular weight excluding hydrogens is 718 g/mol. The first-order valence-corrected chi connectivity index (χ1v) is 18.1. The van der Waals surface area contributed by atoms with Crippen LogP contribution >= 0.6 is 11.3 Å². The Bertz CT molecular complexity index is 2160. The quantitative estimate of drug-likeness (QED) is 0.119. The number of carbonyl (C=O) groups excluding carboxylic acids is 2. The van der Waals surface area contributed by atoms with Crippen molar-refractivity contribution in [2.24, 2.45) is 0 Å². The molecule has 0 saturated heterocycles. The average molecular weight is 751 g/mol. The largest absolute Gasteiger partial charge is 0.480 e. The summed E-state index contributed by atoms with van der Waals surface area (Å²) in [5, 5.41) is 12.9. The minimum Gasteiger partial charge on any atom is -0.480 e. The molecule has 0 aliphatic rings. The van der Waals surface area contributed by atoms with E-state index in [1.807, 2.05) is 42.5 Å². The van der Waals surface area contributed by atoms with Gasteiger partial charge in [0.2, 0.25) is 5.91 Å². The van der Waals surface area contributed by atoms with Crippen molar-refractivity contribution in [2.45, 2.75) is 36.7 Å². The number of anilines is 1. The first kappa shape index (κ1) is 37.9. The Morgan fingerprint density at radius 1 is 0.846 bits per heavy atom. The van der Waals surface area contributed by atoms with Crippen LogP contribution in [-0.2, 0) is 32.2 Å². The molecule has 10 nitrogen and oxygen atoms in total. The summed E-state index contributed by atoms with van der Waals surface area (Å²) in [7, 11) is -4.18. The van der Waals surface area contributed by atoms with Crippen LogP contribution in [0.1, 0.15) is 34.1 Å². The summed E-state index contributed by atoms with van der Waals surface area (Å²) in [5.74, 6) is -2.45. The van der Waals surface area contributed by atoms with Gasteiger partial charge in [-0.1, -0.05) is 90.2 Å². The Labute approximate surface area is 302 Å². The van der Waals surface area contributed by atoms with Gasteiger partial charge in [0.05, 0.1) is 11.3 Å². The molecule has 270 valence electrons. The first-order valence-electron chi connectivity index (χ1n) is 15.8. The lowest BCUT2D eigenvalue weighted by Gasteiger charge is -2.29. The van der Waals surface area contributed by atoms with E-state index in [1.165, 1.54) is 50.2 Å². The van der Waals surface area contributed by atoms with E-state index in [4.69, 9.17) is 0 Å². The zero-order chi connectivity index (χ0) is 37.6. The summed E-state index contributed by atoms with van der Waals surface area (Å²) in [4.78, 5) is 43.4. The maximum Gasteiger partial charge on any atom is 0.416 e. The molecule has 0 aliphatic heterocycles. The molecule has 5 rings (SSSR count). The maximum atomic E-state index is 14.0. The normalized spacial score (nSPS) is 12.2. The zero-order valence-electron chi connectivity index (χ0n) is 27.8. The van der Waals surface area contributed by atoms with E-state index in [-0.39, 0.29) is 40.1 Å². The van der Waals surface area contributed by atoms with Gasteiger partial charge in [0, 0.05) is 32.0 Å². The molecule has 1 heterocycles. The number of carbonyl (C=O) groups is 3. The molecule has 0 spiro atoms. The zero-order valence-corrected chi connectivity index (χ0v) is 29.5. The van der Waals surface area contributed by atoms with Crippen molar-refractivity contribution < 1.29 is 41.1 Å². The lowest BCUT2D eigenvalue weighted by molar-refractivity contribution is -0.142. The van der Waals surface area contributed by atoms with Crippen LogP contribution in [0.5, 0.6) is 0 Å². The molecule has 0 aliphatic carbocycles. The molecule has 1 unspecified atom stereocenters. The topological polar surface area (TPSA) is 146 Å². The molecule has 5 aromatic rings. The van der Waals surface area contributed by atoms with Crippen LogP contribution < -0.4 is 10.0 Å². The molecule has 0 saturated carbocycles. The Balaban J connectivity index is 1.40. The lowest BCUT2D eigenvalue weighted by Crippen LogP contribution is -2.49. The number of aromatic nitrogens is 1. The predicted octanol–water partition coefficient (Wildman–Crippen LogP) is 6.88. The number of nitrogens with zero attached hydrogens (tertiary/aromatic N) is 2. The number of halogens is 3. The van der Waals surface area contributed by atoms with Crippen molar-refractivity contribution in [3.8, 4) is 22.3 Å². The summed E-state index contributed by atoms with van der Waals surface area (Å²) >= 11 is 0.747. The Morgan fingerprint density at radius 3 is 1.92 bits per heavy atom. The van der Waals surface area contributed by atoms with Gasteiger partial charge in [-0.15, -0.1) is 0 Å². The molecule has 3 N–H and O–H groups in total. The predicted molar refractivity (Wildman–Crippen MR) is 191 cm³/mol. The highest BCUT2D eigenvalue weighted by molar-refractivity contribution is 7.91. The Kier molecular flexibility index (Phi) is 11.6.